The van der Waals surface area contributed by atoms with E-state index < -0.39 is 42.1 Å². The third-order valence-corrected chi connectivity index (χ3v) is 5.22. The number of urea groups is 1. The summed E-state index contributed by atoms with van der Waals surface area (Å²) >= 11 is 0. The fraction of sp³-hybridized carbons (Fsp3) is 0.500. The maximum Gasteiger partial charge on any atom is 0.325 e. The van der Waals surface area contributed by atoms with Gasteiger partial charge in [-0.1, -0.05) is 26.2 Å². The van der Waals surface area contributed by atoms with Crippen molar-refractivity contribution in [2.45, 2.75) is 45.1 Å². The Morgan fingerprint density at radius 1 is 1.23 bits per heavy atom. The quantitative estimate of drug-likeness (QED) is 0.806. The minimum Gasteiger partial charge on any atom is -0.325 e. The average Bonchev–Trinajstić information content (AvgIpc) is 2.88. The van der Waals surface area contributed by atoms with Crippen molar-refractivity contribution in [1.29, 1.82) is 0 Å². The number of imide groups is 1. The summed E-state index contributed by atoms with van der Waals surface area (Å²) in [5.41, 5.74) is -0.257. The van der Waals surface area contributed by atoms with E-state index in [-0.39, 0.29) is 11.1 Å². The first-order chi connectivity index (χ1) is 12.3. The first-order valence-electron chi connectivity index (χ1n) is 8.67. The lowest BCUT2D eigenvalue weighted by molar-refractivity contribution is -0.133. The van der Waals surface area contributed by atoms with Crippen LogP contribution in [-0.2, 0) is 9.59 Å². The molecule has 1 saturated heterocycles. The maximum absolute atomic E-state index is 13.2. The van der Waals surface area contributed by atoms with Gasteiger partial charge in [0.1, 0.15) is 12.6 Å². The largest absolute Gasteiger partial charge is 0.325 e. The summed E-state index contributed by atoms with van der Waals surface area (Å²) in [5, 5.41) is 5.06. The van der Waals surface area contributed by atoms with E-state index in [1.807, 2.05) is 6.92 Å². The second kappa shape index (κ2) is 7.01. The monoisotopic (exact) mass is 365 g/mol. The van der Waals surface area contributed by atoms with Crippen LogP contribution in [-0.4, -0.2) is 35.3 Å². The van der Waals surface area contributed by atoms with Crippen LogP contribution in [0.1, 0.15) is 39.0 Å². The van der Waals surface area contributed by atoms with Crippen molar-refractivity contribution in [3.05, 3.63) is 29.8 Å². The zero-order valence-electron chi connectivity index (χ0n) is 14.5. The average molecular weight is 365 g/mol. The van der Waals surface area contributed by atoms with Crippen LogP contribution in [0.3, 0.4) is 0 Å². The van der Waals surface area contributed by atoms with Crippen LogP contribution in [0.2, 0.25) is 0 Å². The maximum atomic E-state index is 13.2. The Morgan fingerprint density at radius 2 is 1.92 bits per heavy atom. The van der Waals surface area contributed by atoms with Crippen molar-refractivity contribution in [2.75, 3.05) is 11.9 Å². The molecule has 3 rings (SSSR count). The van der Waals surface area contributed by atoms with Gasteiger partial charge >= 0.3 is 6.03 Å². The van der Waals surface area contributed by atoms with E-state index in [1.54, 1.807) is 0 Å². The van der Waals surface area contributed by atoms with Crippen LogP contribution in [0.5, 0.6) is 0 Å². The fourth-order valence-electron chi connectivity index (χ4n) is 3.71. The molecule has 0 radical (unpaired) electrons. The second-order valence-corrected chi connectivity index (χ2v) is 7.20. The lowest BCUT2D eigenvalue weighted by Gasteiger charge is -2.37. The van der Waals surface area contributed by atoms with Gasteiger partial charge in [0, 0.05) is 11.8 Å². The van der Waals surface area contributed by atoms with E-state index in [0.717, 1.165) is 49.1 Å². The minimum atomic E-state index is -1.09. The summed E-state index contributed by atoms with van der Waals surface area (Å²) in [6.07, 6.45) is 4.82. The fourth-order valence-corrected chi connectivity index (χ4v) is 3.71. The number of benzene rings is 1. The lowest BCUT2D eigenvalue weighted by atomic mass is 9.70. The van der Waals surface area contributed by atoms with Gasteiger partial charge in [0.15, 0.2) is 11.6 Å². The Bertz CT molecular complexity index is 747. The molecule has 0 spiro atoms. The van der Waals surface area contributed by atoms with Crippen LogP contribution < -0.4 is 10.6 Å². The molecule has 0 bridgehead atoms. The van der Waals surface area contributed by atoms with Gasteiger partial charge in [0.2, 0.25) is 5.91 Å². The van der Waals surface area contributed by atoms with Gasteiger partial charge in [-0.2, -0.15) is 0 Å². The van der Waals surface area contributed by atoms with Gasteiger partial charge in [-0.3, -0.25) is 14.5 Å². The van der Waals surface area contributed by atoms with Gasteiger partial charge in [-0.15, -0.1) is 0 Å². The summed E-state index contributed by atoms with van der Waals surface area (Å²) in [7, 11) is 0. The predicted molar refractivity (Wildman–Crippen MR) is 90.2 cm³/mol. The summed E-state index contributed by atoms with van der Waals surface area (Å²) in [6, 6.07) is 1.69. The van der Waals surface area contributed by atoms with E-state index in [2.05, 4.69) is 10.6 Å². The third-order valence-electron chi connectivity index (χ3n) is 5.22. The van der Waals surface area contributed by atoms with E-state index in [1.165, 1.54) is 6.07 Å². The number of rotatable bonds is 4. The molecule has 2 N–H and O–H groups in total. The first kappa shape index (κ1) is 18.3. The summed E-state index contributed by atoms with van der Waals surface area (Å²) in [4.78, 5) is 37.8. The molecule has 8 heteroatoms. The Labute approximate surface area is 149 Å². The molecule has 1 heterocycles. The molecular formula is C18H21F2N3O3. The normalized spacial score (nSPS) is 22.3. The number of hydrogen-bond acceptors (Lipinski definition) is 3. The topological polar surface area (TPSA) is 78.5 Å². The van der Waals surface area contributed by atoms with E-state index in [0.29, 0.717) is 0 Å². The van der Waals surface area contributed by atoms with E-state index in [4.69, 9.17) is 0 Å². The van der Waals surface area contributed by atoms with Crippen molar-refractivity contribution >= 4 is 23.5 Å². The molecule has 1 aliphatic carbocycles. The molecule has 1 aromatic rings. The highest BCUT2D eigenvalue weighted by Crippen LogP contribution is 2.40. The lowest BCUT2D eigenvalue weighted by Crippen LogP contribution is -2.46. The van der Waals surface area contributed by atoms with Gasteiger partial charge in [-0.25, -0.2) is 13.6 Å². The SMILES string of the molecule is CC1(C2NC(=O)N(CC(=O)Nc3ccc(F)c(F)c3)C2=O)CCCCC1. The Hall–Kier alpha value is -2.51. The zero-order chi connectivity index (χ0) is 18.9. The van der Waals surface area contributed by atoms with Crippen molar-refractivity contribution in [2.24, 2.45) is 5.41 Å². The van der Waals surface area contributed by atoms with Gasteiger partial charge in [-0.05, 0) is 30.4 Å². The molecule has 2 aliphatic rings. The number of halogens is 2. The number of carbonyl (C=O) groups is 3. The first-order valence-corrected chi connectivity index (χ1v) is 8.67. The standard InChI is InChI=1S/C18H21F2N3O3/c1-18(7-3-2-4-8-18)15-16(25)23(17(26)22-15)10-14(24)21-11-5-6-12(19)13(20)9-11/h5-6,9,15H,2-4,7-8,10H2,1H3,(H,21,24)(H,22,26). The van der Waals surface area contributed by atoms with E-state index in [9.17, 15) is 23.2 Å². The van der Waals surface area contributed by atoms with Crippen molar-refractivity contribution < 1.29 is 23.2 Å². The highest BCUT2D eigenvalue weighted by molar-refractivity contribution is 6.08. The molecule has 1 atom stereocenters. The second-order valence-electron chi connectivity index (χ2n) is 7.20. The molecule has 1 aliphatic heterocycles. The molecule has 26 heavy (non-hydrogen) atoms. The Balaban J connectivity index is 1.65. The number of amides is 4. The highest BCUT2D eigenvalue weighted by Gasteiger charge is 2.49. The molecule has 140 valence electrons. The molecule has 1 aromatic carbocycles. The van der Waals surface area contributed by atoms with Crippen LogP contribution in [0.15, 0.2) is 18.2 Å². The molecule has 6 nitrogen and oxygen atoms in total. The van der Waals surface area contributed by atoms with Gasteiger partial charge < -0.3 is 10.6 Å². The number of nitrogens with one attached hydrogen (secondary N) is 2. The molecule has 2 fully saturated rings. The Kier molecular flexibility index (Phi) is 4.93. The van der Waals surface area contributed by atoms with Crippen molar-refractivity contribution in [1.82, 2.24) is 10.2 Å². The third kappa shape index (κ3) is 3.54. The van der Waals surface area contributed by atoms with Crippen molar-refractivity contribution in [3.8, 4) is 0 Å². The molecular weight excluding hydrogens is 344 g/mol. The smallest absolute Gasteiger partial charge is 0.325 e. The molecule has 1 saturated carbocycles. The number of anilines is 1. The number of nitrogens with zero attached hydrogens (tertiary/aromatic N) is 1. The number of carbonyl (C=O) groups excluding carboxylic acids is 3. The Morgan fingerprint density at radius 3 is 2.58 bits per heavy atom. The minimum absolute atomic E-state index is 0.0525. The number of hydrogen-bond donors (Lipinski definition) is 2. The van der Waals surface area contributed by atoms with Crippen LogP contribution in [0.4, 0.5) is 19.3 Å². The summed E-state index contributed by atoms with van der Waals surface area (Å²) < 4.78 is 26.1. The summed E-state index contributed by atoms with van der Waals surface area (Å²) in [5.74, 6) is -3.20. The highest BCUT2D eigenvalue weighted by atomic mass is 19.2. The predicted octanol–water partition coefficient (Wildman–Crippen LogP) is 2.79. The van der Waals surface area contributed by atoms with Crippen LogP contribution in [0, 0.1) is 17.0 Å². The summed E-state index contributed by atoms with van der Waals surface area (Å²) in [6.45, 7) is 1.51. The zero-order valence-corrected chi connectivity index (χ0v) is 14.5. The molecule has 4 amide bonds. The van der Waals surface area contributed by atoms with Crippen molar-refractivity contribution in [3.63, 3.8) is 0 Å². The molecule has 1 unspecified atom stereocenters. The van der Waals surface area contributed by atoms with Crippen LogP contribution in [0.25, 0.3) is 0 Å². The van der Waals surface area contributed by atoms with Gasteiger partial charge in [0.25, 0.3) is 5.91 Å². The van der Waals surface area contributed by atoms with Gasteiger partial charge in [0.05, 0.1) is 0 Å². The molecule has 0 aromatic heterocycles. The van der Waals surface area contributed by atoms with E-state index >= 15 is 0 Å². The van der Waals surface area contributed by atoms with Crippen LogP contribution >= 0.6 is 0 Å².